The van der Waals surface area contributed by atoms with E-state index in [9.17, 15) is 4.79 Å². The lowest BCUT2D eigenvalue weighted by molar-refractivity contribution is -0.137. The molecule has 4 atom stereocenters. The van der Waals surface area contributed by atoms with Gasteiger partial charge in [-0.1, -0.05) is 38.3 Å². The van der Waals surface area contributed by atoms with E-state index in [1.54, 1.807) is 0 Å². The second kappa shape index (κ2) is 14.1. The van der Waals surface area contributed by atoms with Crippen LogP contribution in [0.4, 0.5) is 0 Å². The molecule has 2 heterocycles. The Balaban J connectivity index is 1.55. The van der Waals surface area contributed by atoms with Gasteiger partial charge in [-0.25, -0.2) is 0 Å². The quantitative estimate of drug-likeness (QED) is 0.256. The molecule has 0 aromatic carbocycles. The van der Waals surface area contributed by atoms with Crippen molar-refractivity contribution in [1.82, 2.24) is 10.6 Å². The minimum atomic E-state index is -0.691. The topological polar surface area (TPSA) is 70.6 Å². The van der Waals surface area contributed by atoms with Gasteiger partial charge in [0.2, 0.25) is 0 Å². The molecule has 0 radical (unpaired) electrons. The van der Waals surface area contributed by atoms with Gasteiger partial charge in [0, 0.05) is 24.8 Å². The van der Waals surface area contributed by atoms with Crippen LogP contribution in [-0.2, 0) is 9.53 Å². The fourth-order valence-corrected chi connectivity index (χ4v) is 4.55. The number of aliphatic carboxylic acids is 1. The molecule has 2 saturated heterocycles. The van der Waals surface area contributed by atoms with Gasteiger partial charge in [-0.15, -0.1) is 0 Å². The van der Waals surface area contributed by atoms with E-state index in [2.05, 4.69) is 29.7 Å². The molecular formula is C23H42N2O3. The van der Waals surface area contributed by atoms with Gasteiger partial charge in [0.1, 0.15) is 0 Å². The van der Waals surface area contributed by atoms with Crippen molar-refractivity contribution in [2.75, 3.05) is 26.2 Å². The monoisotopic (exact) mass is 394 g/mol. The third kappa shape index (κ3) is 8.62. The van der Waals surface area contributed by atoms with Crippen LogP contribution in [0, 0.1) is 11.8 Å². The fourth-order valence-electron chi connectivity index (χ4n) is 4.55. The van der Waals surface area contributed by atoms with Crippen LogP contribution >= 0.6 is 0 Å². The normalized spacial score (nSPS) is 26.5. The highest BCUT2D eigenvalue weighted by atomic mass is 16.5. The molecule has 162 valence electrons. The van der Waals surface area contributed by atoms with E-state index >= 15 is 0 Å². The maximum Gasteiger partial charge on any atom is 0.303 e. The Morgan fingerprint density at radius 1 is 1.00 bits per heavy atom. The van der Waals surface area contributed by atoms with Gasteiger partial charge >= 0.3 is 5.97 Å². The minimum Gasteiger partial charge on any atom is -0.481 e. The van der Waals surface area contributed by atoms with E-state index in [1.807, 2.05) is 0 Å². The molecule has 0 aliphatic carbocycles. The molecule has 0 spiro atoms. The summed E-state index contributed by atoms with van der Waals surface area (Å²) in [4.78, 5) is 10.6. The largest absolute Gasteiger partial charge is 0.481 e. The van der Waals surface area contributed by atoms with Crippen molar-refractivity contribution in [2.24, 2.45) is 11.8 Å². The Kier molecular flexibility index (Phi) is 11.8. The molecule has 3 N–H and O–H groups in total. The SMILES string of the molecule is CCCCCCNCCCNC[C@@H]1[C@H](C=CCCCCC(=O)O)[C@@H]2CC[C@H]1O2. The molecule has 5 heteroatoms. The van der Waals surface area contributed by atoms with Gasteiger partial charge in [0.05, 0.1) is 12.2 Å². The van der Waals surface area contributed by atoms with Gasteiger partial charge in [0.15, 0.2) is 0 Å². The molecule has 0 aromatic rings. The number of allylic oxidation sites excluding steroid dienone is 1. The lowest BCUT2D eigenvalue weighted by atomic mass is 9.79. The average Bonchev–Trinajstić information content (AvgIpc) is 3.28. The van der Waals surface area contributed by atoms with Crippen molar-refractivity contribution in [2.45, 2.75) is 89.8 Å². The highest BCUT2D eigenvalue weighted by Gasteiger charge is 2.47. The minimum absolute atomic E-state index is 0.283. The number of hydrogen-bond acceptors (Lipinski definition) is 4. The van der Waals surface area contributed by atoms with Gasteiger partial charge in [-0.2, -0.15) is 0 Å². The van der Waals surface area contributed by atoms with Crippen molar-refractivity contribution in [3.63, 3.8) is 0 Å². The van der Waals surface area contributed by atoms with Crippen molar-refractivity contribution >= 4 is 5.97 Å². The molecule has 0 saturated carbocycles. The third-order valence-electron chi connectivity index (χ3n) is 6.15. The summed E-state index contributed by atoms with van der Waals surface area (Å²) < 4.78 is 6.17. The zero-order valence-electron chi connectivity index (χ0n) is 17.8. The summed E-state index contributed by atoms with van der Waals surface area (Å²) in [5.74, 6) is 0.432. The molecule has 28 heavy (non-hydrogen) atoms. The van der Waals surface area contributed by atoms with E-state index < -0.39 is 5.97 Å². The van der Waals surface area contributed by atoms with Gasteiger partial charge in [0.25, 0.3) is 0 Å². The van der Waals surface area contributed by atoms with E-state index in [4.69, 9.17) is 9.84 Å². The van der Waals surface area contributed by atoms with Crippen molar-refractivity contribution in [3.8, 4) is 0 Å². The van der Waals surface area contributed by atoms with E-state index in [0.717, 1.165) is 45.4 Å². The summed E-state index contributed by atoms with van der Waals surface area (Å²) in [5.41, 5.74) is 0. The number of nitrogens with one attached hydrogen (secondary N) is 2. The molecule has 0 unspecified atom stereocenters. The molecule has 2 fully saturated rings. The number of rotatable bonds is 17. The highest BCUT2D eigenvalue weighted by Crippen LogP contribution is 2.43. The summed E-state index contributed by atoms with van der Waals surface area (Å²) >= 11 is 0. The van der Waals surface area contributed by atoms with Crippen molar-refractivity contribution < 1.29 is 14.6 Å². The molecule has 0 amide bonds. The number of unbranched alkanes of at least 4 members (excludes halogenated alkanes) is 5. The zero-order chi connectivity index (χ0) is 20.0. The fraction of sp³-hybridized carbons (Fsp3) is 0.870. The second-order valence-electron chi connectivity index (χ2n) is 8.47. The number of hydrogen-bond donors (Lipinski definition) is 3. The van der Waals surface area contributed by atoms with E-state index in [-0.39, 0.29) is 6.42 Å². The Morgan fingerprint density at radius 3 is 2.61 bits per heavy atom. The first-order valence-electron chi connectivity index (χ1n) is 11.7. The molecule has 2 bridgehead atoms. The number of ether oxygens (including phenoxy) is 1. The molecule has 2 aliphatic heterocycles. The first kappa shape index (κ1) is 23.4. The molecule has 2 aliphatic rings. The van der Waals surface area contributed by atoms with Crippen LogP contribution in [0.1, 0.15) is 77.6 Å². The molecule has 0 aromatic heterocycles. The van der Waals surface area contributed by atoms with Crippen molar-refractivity contribution in [3.05, 3.63) is 12.2 Å². The summed E-state index contributed by atoms with van der Waals surface area (Å²) in [6, 6.07) is 0. The lowest BCUT2D eigenvalue weighted by Gasteiger charge is -2.26. The summed E-state index contributed by atoms with van der Waals surface area (Å²) in [7, 11) is 0. The maximum atomic E-state index is 10.6. The number of carboxylic acid groups (broad SMARTS) is 1. The highest BCUT2D eigenvalue weighted by molar-refractivity contribution is 5.66. The molecular weight excluding hydrogens is 352 g/mol. The number of carboxylic acids is 1. The Labute approximate surface area is 171 Å². The Bertz CT molecular complexity index is 455. The first-order valence-corrected chi connectivity index (χ1v) is 11.7. The van der Waals surface area contributed by atoms with Crippen LogP contribution in [0.5, 0.6) is 0 Å². The van der Waals surface area contributed by atoms with Gasteiger partial charge in [-0.3, -0.25) is 4.79 Å². The maximum absolute atomic E-state index is 10.6. The Hall–Kier alpha value is -0.910. The summed E-state index contributed by atoms with van der Waals surface area (Å²) in [5, 5.41) is 15.9. The predicted molar refractivity (Wildman–Crippen MR) is 115 cm³/mol. The van der Waals surface area contributed by atoms with Crippen LogP contribution in [0.25, 0.3) is 0 Å². The Morgan fingerprint density at radius 2 is 1.79 bits per heavy atom. The van der Waals surface area contributed by atoms with Crippen molar-refractivity contribution in [1.29, 1.82) is 0 Å². The standard InChI is InChI=1S/C23H42N2O3/c1-2-3-4-9-15-24-16-10-17-25-18-20-19(21-13-14-22(20)28-21)11-7-5-6-8-12-23(26)27/h7,11,19-22,24-25H,2-6,8-10,12-18H2,1H3,(H,26,27)/t19-,20+,21-,22+/m0/s1. The third-order valence-corrected chi connectivity index (χ3v) is 6.15. The summed E-state index contributed by atoms with van der Waals surface area (Å²) in [6.45, 7) is 6.63. The van der Waals surface area contributed by atoms with Gasteiger partial charge < -0.3 is 20.5 Å². The predicted octanol–water partition coefficient (Wildman–Crippen LogP) is 4.13. The zero-order valence-corrected chi connectivity index (χ0v) is 17.8. The van der Waals surface area contributed by atoms with Gasteiger partial charge in [-0.05, 0) is 64.6 Å². The lowest BCUT2D eigenvalue weighted by Crippen LogP contribution is -2.35. The van der Waals surface area contributed by atoms with Crippen LogP contribution in [0.3, 0.4) is 0 Å². The first-order chi connectivity index (χ1) is 13.7. The second-order valence-corrected chi connectivity index (χ2v) is 8.47. The molecule has 5 nitrogen and oxygen atoms in total. The van der Waals surface area contributed by atoms with E-state index in [0.29, 0.717) is 24.0 Å². The average molecular weight is 395 g/mol. The van der Waals surface area contributed by atoms with Crippen LogP contribution in [-0.4, -0.2) is 49.5 Å². The van der Waals surface area contributed by atoms with Crippen LogP contribution < -0.4 is 10.6 Å². The number of fused-ring (bicyclic) bond motifs is 2. The van der Waals surface area contributed by atoms with Crippen LogP contribution in [0.15, 0.2) is 12.2 Å². The number of carbonyl (C=O) groups is 1. The molecule has 2 rings (SSSR count). The van der Waals surface area contributed by atoms with Crippen LogP contribution in [0.2, 0.25) is 0 Å². The smallest absolute Gasteiger partial charge is 0.303 e. The summed E-state index contributed by atoms with van der Waals surface area (Å²) in [6.07, 6.45) is 17.3. The van der Waals surface area contributed by atoms with E-state index in [1.165, 1.54) is 44.9 Å².